The van der Waals surface area contributed by atoms with Gasteiger partial charge in [-0.3, -0.25) is 4.79 Å². The highest BCUT2D eigenvalue weighted by Crippen LogP contribution is 2.27. The van der Waals surface area contributed by atoms with Gasteiger partial charge in [-0.1, -0.05) is 24.3 Å². The van der Waals surface area contributed by atoms with Crippen LogP contribution in [0.2, 0.25) is 0 Å². The minimum Gasteiger partial charge on any atom is -0.492 e. The van der Waals surface area contributed by atoms with Crippen LogP contribution < -0.4 is 10.1 Å². The molecular formula is C18H20N2O4S. The zero-order chi connectivity index (χ0) is 18.0. The first-order valence-corrected chi connectivity index (χ1v) is 9.36. The van der Waals surface area contributed by atoms with Crippen LogP contribution in [0.3, 0.4) is 0 Å². The molecule has 1 aliphatic rings. The molecule has 7 heteroatoms. The molecular weight excluding hydrogens is 340 g/mol. The third-order valence-corrected chi connectivity index (χ3v) is 5.94. The van der Waals surface area contributed by atoms with Gasteiger partial charge in [0.1, 0.15) is 12.4 Å². The Labute approximate surface area is 147 Å². The fourth-order valence-corrected chi connectivity index (χ4v) is 3.63. The van der Waals surface area contributed by atoms with Gasteiger partial charge in [0.05, 0.1) is 10.8 Å². The lowest BCUT2D eigenvalue weighted by Gasteiger charge is -2.24. The van der Waals surface area contributed by atoms with E-state index in [9.17, 15) is 13.2 Å². The largest absolute Gasteiger partial charge is 0.492 e. The molecule has 6 nitrogen and oxygen atoms in total. The van der Waals surface area contributed by atoms with Crippen molar-refractivity contribution in [3.05, 3.63) is 54.1 Å². The molecule has 1 heterocycles. The van der Waals surface area contributed by atoms with Gasteiger partial charge in [0.2, 0.25) is 15.9 Å². The van der Waals surface area contributed by atoms with Crippen molar-refractivity contribution in [1.82, 2.24) is 4.31 Å². The fourth-order valence-electron chi connectivity index (χ4n) is 2.69. The first-order chi connectivity index (χ1) is 11.9. The molecule has 0 unspecified atom stereocenters. The van der Waals surface area contributed by atoms with E-state index in [1.807, 2.05) is 24.3 Å². The Kier molecular flexibility index (Phi) is 4.78. The van der Waals surface area contributed by atoms with Crippen molar-refractivity contribution in [2.45, 2.75) is 11.3 Å². The minimum absolute atomic E-state index is 0.139. The molecule has 0 saturated heterocycles. The molecule has 132 valence electrons. The zero-order valence-electron chi connectivity index (χ0n) is 14.1. The van der Waals surface area contributed by atoms with E-state index in [1.165, 1.54) is 26.2 Å². The van der Waals surface area contributed by atoms with Crippen LogP contribution >= 0.6 is 0 Å². The van der Waals surface area contributed by atoms with Gasteiger partial charge in [-0.15, -0.1) is 0 Å². The molecule has 2 aromatic rings. The summed E-state index contributed by atoms with van der Waals surface area (Å²) in [5.74, 6) is 0.309. The van der Waals surface area contributed by atoms with Crippen LogP contribution in [0.15, 0.2) is 53.4 Å². The Hall–Kier alpha value is -2.38. The number of nitrogens with zero attached hydrogens (tertiary/aromatic N) is 1. The SMILES string of the molecule is CN(C)S(=O)(=O)c1cccc(NC(=O)[C@@H]2COc3ccccc3C2)c1. The Morgan fingerprint density at radius 1 is 1.16 bits per heavy atom. The summed E-state index contributed by atoms with van der Waals surface area (Å²) < 4.78 is 31.2. The van der Waals surface area contributed by atoms with Crippen LogP contribution in [-0.4, -0.2) is 39.3 Å². The number of fused-ring (bicyclic) bond motifs is 1. The summed E-state index contributed by atoms with van der Waals surface area (Å²) in [7, 11) is -0.603. The van der Waals surface area contributed by atoms with Crippen LogP contribution in [0.25, 0.3) is 0 Å². The van der Waals surface area contributed by atoms with Crippen LogP contribution in [0.4, 0.5) is 5.69 Å². The summed E-state index contributed by atoms with van der Waals surface area (Å²) >= 11 is 0. The van der Waals surface area contributed by atoms with E-state index in [0.29, 0.717) is 18.7 Å². The van der Waals surface area contributed by atoms with Crippen molar-refractivity contribution in [1.29, 1.82) is 0 Å². The Morgan fingerprint density at radius 3 is 2.68 bits per heavy atom. The Morgan fingerprint density at radius 2 is 1.92 bits per heavy atom. The van der Waals surface area contributed by atoms with E-state index >= 15 is 0 Å². The number of hydrogen-bond donors (Lipinski definition) is 1. The molecule has 25 heavy (non-hydrogen) atoms. The van der Waals surface area contributed by atoms with Gasteiger partial charge in [-0.2, -0.15) is 0 Å². The molecule has 0 aliphatic carbocycles. The maximum atomic E-state index is 12.5. The number of nitrogens with one attached hydrogen (secondary N) is 1. The van der Waals surface area contributed by atoms with Crippen molar-refractivity contribution in [2.24, 2.45) is 5.92 Å². The molecule has 0 radical (unpaired) electrons. The second-order valence-electron chi connectivity index (χ2n) is 6.12. The van der Waals surface area contributed by atoms with E-state index in [1.54, 1.807) is 12.1 Å². The molecule has 1 atom stereocenters. The molecule has 0 spiro atoms. The van der Waals surface area contributed by atoms with E-state index in [2.05, 4.69) is 5.32 Å². The number of hydrogen-bond acceptors (Lipinski definition) is 4. The van der Waals surface area contributed by atoms with Crippen LogP contribution in [0.5, 0.6) is 5.75 Å². The second kappa shape index (κ2) is 6.85. The van der Waals surface area contributed by atoms with Crippen molar-refractivity contribution < 1.29 is 17.9 Å². The van der Waals surface area contributed by atoms with Gasteiger partial charge >= 0.3 is 0 Å². The number of rotatable bonds is 4. The number of sulfonamides is 1. The molecule has 0 saturated carbocycles. The molecule has 1 N–H and O–H groups in total. The van der Waals surface area contributed by atoms with E-state index < -0.39 is 10.0 Å². The van der Waals surface area contributed by atoms with Gasteiger partial charge < -0.3 is 10.1 Å². The number of para-hydroxylation sites is 1. The predicted molar refractivity (Wildman–Crippen MR) is 95.1 cm³/mol. The first-order valence-electron chi connectivity index (χ1n) is 7.92. The predicted octanol–water partition coefficient (Wildman–Crippen LogP) is 2.13. The summed E-state index contributed by atoms with van der Waals surface area (Å²) in [5, 5.41) is 2.79. The van der Waals surface area contributed by atoms with Gasteiger partial charge in [-0.25, -0.2) is 12.7 Å². The van der Waals surface area contributed by atoms with Crippen molar-refractivity contribution >= 4 is 21.6 Å². The molecule has 2 aromatic carbocycles. The first kappa shape index (κ1) is 17.4. The summed E-state index contributed by atoms with van der Waals surface area (Å²) in [4.78, 5) is 12.7. The molecule has 3 rings (SSSR count). The average Bonchev–Trinajstić information content (AvgIpc) is 2.61. The highest BCUT2D eigenvalue weighted by Gasteiger charge is 2.26. The highest BCUT2D eigenvalue weighted by molar-refractivity contribution is 7.89. The second-order valence-corrected chi connectivity index (χ2v) is 8.28. The summed E-state index contributed by atoms with van der Waals surface area (Å²) in [6.07, 6.45) is 0.595. The maximum absolute atomic E-state index is 12.5. The maximum Gasteiger partial charge on any atom is 0.242 e. The molecule has 0 fully saturated rings. The number of benzene rings is 2. The van der Waals surface area contributed by atoms with Gasteiger partial charge in [0.15, 0.2) is 0 Å². The van der Waals surface area contributed by atoms with Crippen molar-refractivity contribution in [3.8, 4) is 5.75 Å². The number of amides is 1. The molecule has 0 bridgehead atoms. The Balaban J connectivity index is 1.74. The molecule has 1 aliphatic heterocycles. The van der Waals surface area contributed by atoms with Crippen LogP contribution in [0, 0.1) is 5.92 Å². The topological polar surface area (TPSA) is 75.7 Å². The zero-order valence-corrected chi connectivity index (χ0v) is 14.9. The van der Waals surface area contributed by atoms with E-state index in [0.717, 1.165) is 15.6 Å². The summed E-state index contributed by atoms with van der Waals surface area (Å²) in [6.45, 7) is 0.304. The summed E-state index contributed by atoms with van der Waals surface area (Å²) in [5.41, 5.74) is 1.45. The van der Waals surface area contributed by atoms with Crippen molar-refractivity contribution in [2.75, 3.05) is 26.0 Å². The number of carbonyl (C=O) groups excluding carboxylic acids is 1. The van der Waals surface area contributed by atoms with E-state index in [4.69, 9.17) is 4.74 Å². The lowest BCUT2D eigenvalue weighted by molar-refractivity contribution is -0.121. The average molecular weight is 360 g/mol. The number of ether oxygens (including phenoxy) is 1. The standard InChI is InChI=1S/C18H20N2O4S/c1-20(2)25(22,23)16-8-5-7-15(11-16)19-18(21)14-10-13-6-3-4-9-17(13)24-12-14/h3-9,11,14H,10,12H2,1-2H3,(H,19,21)/t14-/m0/s1. The monoisotopic (exact) mass is 360 g/mol. The van der Waals surface area contributed by atoms with Gasteiger partial charge in [0.25, 0.3) is 0 Å². The minimum atomic E-state index is -3.54. The number of carbonyl (C=O) groups is 1. The Bertz CT molecular complexity index is 893. The third-order valence-electron chi connectivity index (χ3n) is 4.13. The fraction of sp³-hybridized carbons (Fsp3) is 0.278. The van der Waals surface area contributed by atoms with Crippen LogP contribution in [0.1, 0.15) is 5.56 Å². The van der Waals surface area contributed by atoms with Gasteiger partial charge in [-0.05, 0) is 36.2 Å². The highest BCUT2D eigenvalue weighted by atomic mass is 32.2. The number of anilines is 1. The molecule has 0 aromatic heterocycles. The smallest absolute Gasteiger partial charge is 0.242 e. The quantitative estimate of drug-likeness (QED) is 0.906. The third kappa shape index (κ3) is 3.67. The summed E-state index contributed by atoms with van der Waals surface area (Å²) in [6, 6.07) is 13.9. The molecule has 1 amide bonds. The lowest BCUT2D eigenvalue weighted by Crippen LogP contribution is -2.32. The van der Waals surface area contributed by atoms with Gasteiger partial charge in [0, 0.05) is 19.8 Å². The normalized spacial score (nSPS) is 16.8. The van der Waals surface area contributed by atoms with Crippen molar-refractivity contribution in [3.63, 3.8) is 0 Å². The van der Waals surface area contributed by atoms with E-state index in [-0.39, 0.29) is 16.7 Å². The van der Waals surface area contributed by atoms with Crippen LogP contribution in [-0.2, 0) is 21.2 Å². The lowest BCUT2D eigenvalue weighted by atomic mass is 9.96.